The van der Waals surface area contributed by atoms with Gasteiger partial charge in [0.05, 0.1) is 13.2 Å². The molecule has 0 saturated carbocycles. The molecule has 116 valence electrons. The maximum Gasteiger partial charge on any atom is 0.294 e. The quantitative estimate of drug-likeness (QED) is 0.444. The minimum atomic E-state index is -0.949. The second-order valence-corrected chi connectivity index (χ2v) is 5.71. The highest BCUT2D eigenvalue weighted by atomic mass is 17.0. The van der Waals surface area contributed by atoms with Crippen molar-refractivity contribution >= 4 is 5.78 Å². The van der Waals surface area contributed by atoms with Gasteiger partial charge in [-0.15, -0.1) is 20.2 Å². The summed E-state index contributed by atoms with van der Waals surface area (Å²) in [5.74, 6) is -0.536. The van der Waals surface area contributed by atoms with Crippen LogP contribution in [0.3, 0.4) is 0 Å². The van der Waals surface area contributed by atoms with Crippen molar-refractivity contribution < 1.29 is 24.6 Å². The molecular formula is C11H20N2O7. The van der Waals surface area contributed by atoms with Crippen LogP contribution in [0.1, 0.15) is 40.0 Å². The zero-order valence-electron chi connectivity index (χ0n) is 11.9. The van der Waals surface area contributed by atoms with Crippen LogP contribution in [0.4, 0.5) is 0 Å². The van der Waals surface area contributed by atoms with Gasteiger partial charge in [0.25, 0.3) is 10.2 Å². The van der Waals surface area contributed by atoms with Crippen molar-refractivity contribution in [3.8, 4) is 0 Å². The Morgan fingerprint density at radius 1 is 1.15 bits per heavy atom. The molecule has 9 nitrogen and oxygen atoms in total. The van der Waals surface area contributed by atoms with Crippen LogP contribution >= 0.6 is 0 Å². The first-order valence-electron chi connectivity index (χ1n) is 6.16. The van der Waals surface area contributed by atoms with Crippen molar-refractivity contribution in [1.82, 2.24) is 0 Å². The lowest BCUT2D eigenvalue weighted by Gasteiger charge is -2.19. The summed E-state index contributed by atoms with van der Waals surface area (Å²) in [7, 11) is 0. The molecule has 9 heteroatoms. The third-order valence-corrected chi connectivity index (χ3v) is 2.38. The highest BCUT2D eigenvalue weighted by molar-refractivity contribution is 5.79. The Hall–Kier alpha value is -1.93. The van der Waals surface area contributed by atoms with E-state index in [1.54, 1.807) is 0 Å². The van der Waals surface area contributed by atoms with E-state index in [9.17, 15) is 25.0 Å². The second kappa shape index (κ2) is 8.28. The van der Waals surface area contributed by atoms with Gasteiger partial charge < -0.3 is 9.68 Å². The van der Waals surface area contributed by atoms with Gasteiger partial charge in [0.2, 0.25) is 0 Å². The number of ketones is 1. The van der Waals surface area contributed by atoms with Crippen molar-refractivity contribution in [2.75, 3.05) is 13.2 Å². The average Bonchev–Trinajstić information content (AvgIpc) is 2.22. The van der Waals surface area contributed by atoms with Crippen LogP contribution < -0.4 is 0 Å². The molecule has 0 heterocycles. The number of nitrogens with zero attached hydrogens (tertiary/aromatic N) is 2. The molecule has 0 aromatic carbocycles. The third kappa shape index (κ3) is 11.2. The first kappa shape index (κ1) is 18.1. The Labute approximate surface area is 116 Å². The summed E-state index contributed by atoms with van der Waals surface area (Å²) in [6, 6.07) is 0. The van der Waals surface area contributed by atoms with Crippen LogP contribution in [-0.2, 0) is 14.5 Å². The lowest BCUT2D eigenvalue weighted by molar-refractivity contribution is -0.762. The number of carbonyl (C=O) groups excluding carboxylic acids is 1. The zero-order chi connectivity index (χ0) is 15.8. The highest BCUT2D eigenvalue weighted by Gasteiger charge is 2.21. The number of hydrogen-bond acceptors (Lipinski definition) is 7. The molecule has 0 aliphatic carbocycles. The van der Waals surface area contributed by atoms with Crippen molar-refractivity contribution in [3.05, 3.63) is 20.2 Å². The molecule has 20 heavy (non-hydrogen) atoms. The van der Waals surface area contributed by atoms with E-state index in [0.717, 1.165) is 0 Å². The molecule has 0 amide bonds. The molecule has 0 aromatic heterocycles. The first-order valence-corrected chi connectivity index (χ1v) is 6.16. The van der Waals surface area contributed by atoms with Gasteiger partial charge >= 0.3 is 0 Å². The average molecular weight is 292 g/mol. The van der Waals surface area contributed by atoms with E-state index in [1.807, 2.05) is 20.8 Å². The topological polar surface area (TPSA) is 122 Å². The smallest absolute Gasteiger partial charge is 0.294 e. The molecular weight excluding hydrogens is 272 g/mol. The molecule has 0 saturated heterocycles. The summed E-state index contributed by atoms with van der Waals surface area (Å²) in [6.45, 7) is 5.22. The third-order valence-electron chi connectivity index (χ3n) is 2.38. The van der Waals surface area contributed by atoms with E-state index in [1.165, 1.54) is 0 Å². The number of rotatable bonds is 10. The van der Waals surface area contributed by atoms with E-state index in [0.29, 0.717) is 6.42 Å². The van der Waals surface area contributed by atoms with Gasteiger partial charge in [-0.05, 0) is 17.8 Å². The van der Waals surface area contributed by atoms with E-state index in [-0.39, 0.29) is 37.3 Å². The molecule has 1 unspecified atom stereocenters. The lowest BCUT2D eigenvalue weighted by atomic mass is 9.86. The minimum Gasteiger partial charge on any atom is -0.314 e. The van der Waals surface area contributed by atoms with Gasteiger partial charge in [-0.2, -0.15) is 0 Å². The molecule has 0 spiro atoms. The number of Topliss-reactive ketones (excluding diaryl/α,β-unsaturated/α-hetero) is 1. The molecule has 0 aliphatic heterocycles. The Morgan fingerprint density at radius 3 is 2.15 bits per heavy atom. The summed E-state index contributed by atoms with van der Waals surface area (Å²) in [5, 5.41) is 18.3. The summed E-state index contributed by atoms with van der Waals surface area (Å²) in [4.78, 5) is 40.4. The van der Waals surface area contributed by atoms with Crippen molar-refractivity contribution in [1.29, 1.82) is 0 Å². The van der Waals surface area contributed by atoms with E-state index < -0.39 is 16.1 Å². The van der Waals surface area contributed by atoms with E-state index in [2.05, 4.69) is 9.68 Å². The Balaban J connectivity index is 4.32. The molecule has 0 N–H and O–H groups in total. The number of hydrogen-bond donors (Lipinski definition) is 0. The van der Waals surface area contributed by atoms with Crippen LogP contribution in [0, 0.1) is 31.6 Å². The van der Waals surface area contributed by atoms with Crippen LogP contribution in [0.5, 0.6) is 0 Å². The SMILES string of the molecule is CC(C)(C)CC(=O)CC(CCO[N+](=O)[O-])CO[N+](=O)[O-]. The Kier molecular flexibility index (Phi) is 7.48. The summed E-state index contributed by atoms with van der Waals surface area (Å²) >= 11 is 0. The van der Waals surface area contributed by atoms with Crippen LogP contribution in [0.15, 0.2) is 0 Å². The van der Waals surface area contributed by atoms with Gasteiger partial charge in [0.1, 0.15) is 5.78 Å². The fraction of sp³-hybridized carbons (Fsp3) is 0.909. The molecule has 0 rings (SSSR count). The van der Waals surface area contributed by atoms with Crippen molar-refractivity contribution in [3.63, 3.8) is 0 Å². The molecule has 0 aromatic rings. The molecule has 1 atom stereocenters. The predicted molar refractivity (Wildman–Crippen MR) is 67.7 cm³/mol. The molecule has 0 bridgehead atoms. The summed E-state index contributed by atoms with van der Waals surface area (Å²) in [5.41, 5.74) is -0.178. The fourth-order valence-corrected chi connectivity index (χ4v) is 1.69. The largest absolute Gasteiger partial charge is 0.314 e. The molecule has 0 aliphatic rings. The Bertz CT molecular complexity index is 351. The van der Waals surface area contributed by atoms with E-state index >= 15 is 0 Å². The van der Waals surface area contributed by atoms with Gasteiger partial charge in [-0.1, -0.05) is 20.8 Å². The summed E-state index contributed by atoms with van der Waals surface area (Å²) < 4.78 is 0. The zero-order valence-corrected chi connectivity index (χ0v) is 11.9. The van der Waals surface area contributed by atoms with Crippen molar-refractivity contribution in [2.45, 2.75) is 40.0 Å². The highest BCUT2D eigenvalue weighted by Crippen LogP contribution is 2.22. The minimum absolute atomic E-state index is 0.0597. The maximum absolute atomic E-state index is 11.8. The number of carbonyl (C=O) groups is 1. The molecule has 0 fully saturated rings. The summed E-state index contributed by atoms with van der Waals surface area (Å²) in [6.07, 6.45) is 0.551. The van der Waals surface area contributed by atoms with Crippen LogP contribution in [-0.4, -0.2) is 29.2 Å². The Morgan fingerprint density at radius 2 is 1.70 bits per heavy atom. The predicted octanol–water partition coefficient (Wildman–Crippen LogP) is 1.80. The lowest BCUT2D eigenvalue weighted by Crippen LogP contribution is -2.21. The maximum atomic E-state index is 11.8. The standard InChI is InChI=1S/C11H20N2O7/c1-11(2,3)7-10(14)6-9(8-20-13(17)18)4-5-19-12(15)16/h9H,4-8H2,1-3H3. The first-order chi connectivity index (χ1) is 9.10. The van der Waals surface area contributed by atoms with E-state index in [4.69, 9.17) is 0 Å². The van der Waals surface area contributed by atoms with Gasteiger partial charge in [0.15, 0.2) is 0 Å². The van der Waals surface area contributed by atoms with Crippen molar-refractivity contribution in [2.24, 2.45) is 11.3 Å². The monoisotopic (exact) mass is 292 g/mol. The van der Waals surface area contributed by atoms with Crippen LogP contribution in [0.2, 0.25) is 0 Å². The normalized spacial score (nSPS) is 12.6. The molecule has 0 radical (unpaired) electrons. The van der Waals surface area contributed by atoms with Gasteiger partial charge in [-0.3, -0.25) is 4.79 Å². The van der Waals surface area contributed by atoms with Gasteiger partial charge in [-0.25, -0.2) is 0 Å². The fourth-order valence-electron chi connectivity index (χ4n) is 1.69. The second-order valence-electron chi connectivity index (χ2n) is 5.71. The van der Waals surface area contributed by atoms with Gasteiger partial charge in [0, 0.05) is 12.8 Å². The van der Waals surface area contributed by atoms with Crippen LogP contribution in [0.25, 0.3) is 0 Å².